The molecule has 22 heavy (non-hydrogen) atoms. The number of aromatic nitrogens is 2. The second-order valence-electron chi connectivity index (χ2n) is 5.72. The van der Waals surface area contributed by atoms with Crippen molar-refractivity contribution >= 4 is 29.9 Å². The van der Waals surface area contributed by atoms with Crippen LogP contribution in [0.25, 0.3) is 5.69 Å². The maximum absolute atomic E-state index is 12.2. The number of carbonyl (C=O) groups excluding carboxylic acids is 1. The van der Waals surface area contributed by atoms with Gasteiger partial charge in [-0.25, -0.2) is 4.68 Å². The molecule has 5 nitrogen and oxygen atoms in total. The van der Waals surface area contributed by atoms with Gasteiger partial charge in [0.05, 0.1) is 16.9 Å². The molecule has 0 aliphatic rings. The predicted octanol–water partition coefficient (Wildman–Crippen LogP) is 2.72. The van der Waals surface area contributed by atoms with Crippen molar-refractivity contribution < 1.29 is 4.79 Å². The molecular formula is C15H20Cl2N4O. The predicted molar refractivity (Wildman–Crippen MR) is 91.2 cm³/mol. The Morgan fingerprint density at radius 2 is 1.95 bits per heavy atom. The van der Waals surface area contributed by atoms with Crippen LogP contribution >= 0.6 is 24.0 Å². The maximum atomic E-state index is 12.2. The van der Waals surface area contributed by atoms with Crippen molar-refractivity contribution in [3.05, 3.63) is 46.7 Å². The molecule has 1 aromatic carbocycles. The highest BCUT2D eigenvalue weighted by molar-refractivity contribution is 6.30. The highest BCUT2D eigenvalue weighted by Gasteiger charge is 2.17. The molecule has 2 aromatic rings. The first-order valence-electron chi connectivity index (χ1n) is 6.65. The van der Waals surface area contributed by atoms with Gasteiger partial charge in [0, 0.05) is 23.3 Å². The summed E-state index contributed by atoms with van der Waals surface area (Å²) in [6.07, 6.45) is 1.71. The summed E-state index contributed by atoms with van der Waals surface area (Å²) in [4.78, 5) is 12.2. The van der Waals surface area contributed by atoms with Crippen LogP contribution in [0.5, 0.6) is 0 Å². The lowest BCUT2D eigenvalue weighted by molar-refractivity contribution is 0.0945. The number of nitrogens with one attached hydrogen (secondary N) is 1. The van der Waals surface area contributed by atoms with Crippen LogP contribution in [0, 0.1) is 6.92 Å². The van der Waals surface area contributed by atoms with Crippen LogP contribution in [0.3, 0.4) is 0 Å². The van der Waals surface area contributed by atoms with Gasteiger partial charge in [-0.1, -0.05) is 11.6 Å². The second-order valence-corrected chi connectivity index (χ2v) is 6.16. The third kappa shape index (κ3) is 4.73. The molecule has 7 heteroatoms. The Bertz CT molecular complexity index is 645. The Morgan fingerprint density at radius 1 is 1.36 bits per heavy atom. The van der Waals surface area contributed by atoms with Gasteiger partial charge in [0.1, 0.15) is 0 Å². The normalized spacial score (nSPS) is 11.0. The Labute approximate surface area is 141 Å². The Kier molecular flexibility index (Phi) is 6.00. The van der Waals surface area contributed by atoms with Crippen LogP contribution in [-0.4, -0.2) is 27.8 Å². The minimum atomic E-state index is -0.449. The molecule has 0 aliphatic heterocycles. The van der Waals surface area contributed by atoms with E-state index in [1.165, 1.54) is 0 Å². The fraction of sp³-hybridized carbons (Fsp3) is 0.333. The van der Waals surface area contributed by atoms with Crippen LogP contribution in [-0.2, 0) is 0 Å². The number of halogens is 2. The molecule has 3 N–H and O–H groups in total. The van der Waals surface area contributed by atoms with Crippen LogP contribution in [0.2, 0.25) is 5.02 Å². The fourth-order valence-electron chi connectivity index (χ4n) is 1.81. The monoisotopic (exact) mass is 342 g/mol. The average molecular weight is 343 g/mol. The maximum Gasteiger partial charge on any atom is 0.254 e. The molecule has 0 aliphatic carbocycles. The highest BCUT2D eigenvalue weighted by atomic mass is 35.5. The molecule has 2 rings (SSSR count). The number of nitrogens with two attached hydrogens (primary N) is 1. The molecule has 0 fully saturated rings. The number of carbonyl (C=O) groups is 1. The van der Waals surface area contributed by atoms with Crippen LogP contribution in [0.4, 0.5) is 0 Å². The number of hydrogen-bond acceptors (Lipinski definition) is 3. The standard InChI is InChI=1S/C15H19ClN4O.ClH/c1-10-13(14(21)18-9-15(2,3)17)8-20(19-10)12-6-4-11(16)5-7-12;/h4-8H,9,17H2,1-3H3,(H,18,21);1H. The van der Waals surface area contributed by atoms with Crippen molar-refractivity contribution in [1.29, 1.82) is 0 Å². The van der Waals surface area contributed by atoms with E-state index in [1.807, 2.05) is 26.0 Å². The van der Waals surface area contributed by atoms with Crippen LogP contribution in [0.1, 0.15) is 29.9 Å². The average Bonchev–Trinajstić information content (AvgIpc) is 2.78. The molecular weight excluding hydrogens is 323 g/mol. The third-order valence-corrected chi connectivity index (χ3v) is 3.19. The van der Waals surface area contributed by atoms with Gasteiger partial charge in [-0.3, -0.25) is 4.79 Å². The number of hydrogen-bond donors (Lipinski definition) is 2. The van der Waals surface area contributed by atoms with E-state index >= 15 is 0 Å². The minimum absolute atomic E-state index is 0. The molecule has 1 heterocycles. The van der Waals surface area contributed by atoms with Gasteiger partial charge >= 0.3 is 0 Å². The number of amides is 1. The lowest BCUT2D eigenvalue weighted by Gasteiger charge is -2.18. The van der Waals surface area contributed by atoms with Gasteiger partial charge in [0.25, 0.3) is 5.91 Å². The highest BCUT2D eigenvalue weighted by Crippen LogP contribution is 2.15. The summed E-state index contributed by atoms with van der Waals surface area (Å²) in [5.41, 5.74) is 7.46. The zero-order chi connectivity index (χ0) is 15.6. The topological polar surface area (TPSA) is 72.9 Å². The van der Waals surface area contributed by atoms with Crippen LogP contribution < -0.4 is 11.1 Å². The van der Waals surface area contributed by atoms with Crippen molar-refractivity contribution in [2.24, 2.45) is 5.73 Å². The van der Waals surface area contributed by atoms with E-state index in [0.717, 1.165) is 5.69 Å². The first-order valence-corrected chi connectivity index (χ1v) is 7.03. The Balaban J connectivity index is 0.00000242. The van der Waals surface area contributed by atoms with E-state index in [1.54, 1.807) is 29.9 Å². The zero-order valence-corrected chi connectivity index (χ0v) is 14.3. The van der Waals surface area contributed by atoms with Crippen molar-refractivity contribution in [2.45, 2.75) is 26.3 Å². The number of benzene rings is 1. The molecule has 0 unspecified atom stereocenters. The molecule has 1 aromatic heterocycles. The van der Waals surface area contributed by atoms with Crippen molar-refractivity contribution in [3.63, 3.8) is 0 Å². The first-order chi connectivity index (χ1) is 9.76. The summed E-state index contributed by atoms with van der Waals surface area (Å²) in [5.74, 6) is -0.175. The van der Waals surface area contributed by atoms with E-state index < -0.39 is 5.54 Å². The lowest BCUT2D eigenvalue weighted by atomic mass is 10.1. The Morgan fingerprint density at radius 3 is 2.50 bits per heavy atom. The summed E-state index contributed by atoms with van der Waals surface area (Å²) in [5, 5.41) is 7.83. The SMILES string of the molecule is Cc1nn(-c2ccc(Cl)cc2)cc1C(=O)NCC(C)(C)N.Cl. The number of rotatable bonds is 4. The van der Waals surface area contributed by atoms with Gasteiger partial charge in [0.15, 0.2) is 0 Å². The summed E-state index contributed by atoms with van der Waals surface area (Å²) in [7, 11) is 0. The van der Waals surface area contributed by atoms with E-state index in [-0.39, 0.29) is 18.3 Å². The number of aryl methyl sites for hydroxylation is 1. The molecule has 1 amide bonds. The quantitative estimate of drug-likeness (QED) is 0.897. The minimum Gasteiger partial charge on any atom is -0.350 e. The second kappa shape index (κ2) is 7.13. The zero-order valence-electron chi connectivity index (χ0n) is 12.8. The van der Waals surface area contributed by atoms with E-state index in [9.17, 15) is 4.79 Å². The smallest absolute Gasteiger partial charge is 0.254 e. The van der Waals surface area contributed by atoms with Gasteiger partial charge in [-0.05, 0) is 45.0 Å². The number of nitrogens with zero attached hydrogens (tertiary/aromatic N) is 2. The Hall–Kier alpha value is -1.56. The summed E-state index contributed by atoms with van der Waals surface area (Å²) < 4.78 is 1.66. The fourth-order valence-corrected chi connectivity index (χ4v) is 1.94. The summed E-state index contributed by atoms with van der Waals surface area (Å²) in [6.45, 7) is 5.92. The van der Waals surface area contributed by atoms with Gasteiger partial charge in [-0.2, -0.15) is 5.10 Å². The molecule has 0 saturated carbocycles. The lowest BCUT2D eigenvalue weighted by Crippen LogP contribution is -2.45. The van der Waals surface area contributed by atoms with E-state index in [0.29, 0.717) is 22.8 Å². The molecule has 0 bridgehead atoms. The van der Waals surface area contributed by atoms with Crippen molar-refractivity contribution in [2.75, 3.05) is 6.54 Å². The van der Waals surface area contributed by atoms with Crippen molar-refractivity contribution in [1.82, 2.24) is 15.1 Å². The third-order valence-electron chi connectivity index (χ3n) is 2.94. The van der Waals surface area contributed by atoms with E-state index in [2.05, 4.69) is 10.4 Å². The molecule has 120 valence electrons. The van der Waals surface area contributed by atoms with Gasteiger partial charge < -0.3 is 11.1 Å². The first kappa shape index (κ1) is 18.5. The van der Waals surface area contributed by atoms with Crippen molar-refractivity contribution in [3.8, 4) is 5.69 Å². The summed E-state index contributed by atoms with van der Waals surface area (Å²) >= 11 is 5.86. The molecule has 0 saturated heterocycles. The van der Waals surface area contributed by atoms with Crippen LogP contribution in [0.15, 0.2) is 30.5 Å². The molecule has 0 atom stereocenters. The molecule has 0 radical (unpaired) electrons. The summed E-state index contributed by atoms with van der Waals surface area (Å²) in [6, 6.07) is 7.26. The molecule has 0 spiro atoms. The van der Waals surface area contributed by atoms with Gasteiger partial charge in [0.2, 0.25) is 0 Å². The van der Waals surface area contributed by atoms with Gasteiger partial charge in [-0.15, -0.1) is 12.4 Å². The van der Waals surface area contributed by atoms with E-state index in [4.69, 9.17) is 17.3 Å². The largest absolute Gasteiger partial charge is 0.350 e.